The summed E-state index contributed by atoms with van der Waals surface area (Å²) in [5, 5.41) is 0. The van der Waals surface area contributed by atoms with Gasteiger partial charge in [-0.2, -0.15) is 4.98 Å². The Hall–Kier alpha value is -1.40. The number of nitrogen functional groups attached to an aromatic ring is 1. The van der Waals surface area contributed by atoms with Crippen LogP contribution in [0.4, 0.5) is 5.82 Å². The highest BCUT2D eigenvalue weighted by Gasteiger charge is 2.43. The van der Waals surface area contributed by atoms with E-state index in [1.165, 1.54) is 4.57 Å². The molecule has 1 aromatic rings. The van der Waals surface area contributed by atoms with Gasteiger partial charge in [0.05, 0.1) is 12.2 Å². The number of nitrogens with two attached hydrogens (primary N) is 1. The van der Waals surface area contributed by atoms with Crippen LogP contribution in [0.2, 0.25) is 0 Å². The molecular formula is C13H21N3O3. The lowest BCUT2D eigenvalue weighted by Crippen LogP contribution is -2.40. The number of nitrogens with zero attached hydrogens (tertiary/aromatic N) is 2. The van der Waals surface area contributed by atoms with Crippen molar-refractivity contribution in [1.82, 2.24) is 9.55 Å². The van der Waals surface area contributed by atoms with Gasteiger partial charge in [-0.3, -0.25) is 4.57 Å². The monoisotopic (exact) mass is 267 g/mol. The van der Waals surface area contributed by atoms with Crippen LogP contribution in [-0.2, 0) is 9.47 Å². The first kappa shape index (κ1) is 14.0. The summed E-state index contributed by atoms with van der Waals surface area (Å²) in [7, 11) is 1.66. The SMILES string of the molecule is COCC1(C(C)C)CCC(n2ccc(N)nc2=O)O1. The summed E-state index contributed by atoms with van der Waals surface area (Å²) in [4.78, 5) is 15.6. The summed E-state index contributed by atoms with van der Waals surface area (Å²) in [5.41, 5.74) is 4.78. The molecule has 6 heteroatoms. The first-order valence-electron chi connectivity index (χ1n) is 6.50. The fourth-order valence-electron chi connectivity index (χ4n) is 2.54. The van der Waals surface area contributed by atoms with E-state index in [9.17, 15) is 4.79 Å². The van der Waals surface area contributed by atoms with E-state index in [-0.39, 0.29) is 23.3 Å². The van der Waals surface area contributed by atoms with E-state index >= 15 is 0 Å². The third-order valence-electron chi connectivity index (χ3n) is 3.79. The maximum Gasteiger partial charge on any atom is 0.351 e. The topological polar surface area (TPSA) is 79.4 Å². The lowest BCUT2D eigenvalue weighted by atomic mass is 9.88. The van der Waals surface area contributed by atoms with E-state index in [2.05, 4.69) is 18.8 Å². The molecule has 1 fully saturated rings. The van der Waals surface area contributed by atoms with Crippen molar-refractivity contribution in [1.29, 1.82) is 0 Å². The molecule has 2 rings (SSSR count). The molecule has 2 unspecified atom stereocenters. The van der Waals surface area contributed by atoms with E-state index in [4.69, 9.17) is 15.2 Å². The predicted octanol–water partition coefficient (Wildman–Crippen LogP) is 1.18. The summed E-state index contributed by atoms with van der Waals surface area (Å²) in [5.74, 6) is 0.543. The number of hydrogen-bond donors (Lipinski definition) is 1. The predicted molar refractivity (Wildman–Crippen MR) is 71.7 cm³/mol. The first-order chi connectivity index (χ1) is 8.98. The van der Waals surface area contributed by atoms with Crippen LogP contribution in [0.5, 0.6) is 0 Å². The molecule has 6 nitrogen and oxygen atoms in total. The molecule has 0 aromatic carbocycles. The molecule has 1 aromatic heterocycles. The maximum absolute atomic E-state index is 11.8. The van der Waals surface area contributed by atoms with E-state index in [1.54, 1.807) is 19.4 Å². The van der Waals surface area contributed by atoms with Crippen LogP contribution in [0.15, 0.2) is 17.1 Å². The van der Waals surface area contributed by atoms with Crippen molar-refractivity contribution in [3.8, 4) is 0 Å². The number of ether oxygens (including phenoxy) is 2. The van der Waals surface area contributed by atoms with Gasteiger partial charge in [-0.25, -0.2) is 4.79 Å². The number of anilines is 1. The molecule has 0 spiro atoms. The van der Waals surface area contributed by atoms with Crippen LogP contribution in [0.1, 0.15) is 32.9 Å². The molecule has 106 valence electrons. The molecule has 1 aliphatic rings. The zero-order valence-corrected chi connectivity index (χ0v) is 11.6. The van der Waals surface area contributed by atoms with Crippen LogP contribution in [0, 0.1) is 5.92 Å². The van der Waals surface area contributed by atoms with Gasteiger partial charge >= 0.3 is 5.69 Å². The molecule has 2 heterocycles. The lowest BCUT2D eigenvalue weighted by molar-refractivity contribution is -0.130. The molecule has 0 amide bonds. The number of aromatic nitrogens is 2. The minimum absolute atomic E-state index is 0.228. The van der Waals surface area contributed by atoms with Gasteiger partial charge in [0.25, 0.3) is 0 Å². The van der Waals surface area contributed by atoms with Crippen LogP contribution in [0.25, 0.3) is 0 Å². The molecule has 19 heavy (non-hydrogen) atoms. The Balaban J connectivity index is 2.23. The second-order valence-electron chi connectivity index (χ2n) is 5.31. The Kier molecular flexibility index (Phi) is 3.91. The third kappa shape index (κ3) is 2.64. The van der Waals surface area contributed by atoms with Gasteiger partial charge in [-0.05, 0) is 24.8 Å². The van der Waals surface area contributed by atoms with E-state index in [0.29, 0.717) is 12.5 Å². The fourth-order valence-corrected chi connectivity index (χ4v) is 2.54. The molecule has 0 bridgehead atoms. The Bertz CT molecular complexity index is 500. The highest BCUT2D eigenvalue weighted by Crippen LogP contribution is 2.40. The van der Waals surface area contributed by atoms with Gasteiger partial charge in [0.15, 0.2) is 0 Å². The fraction of sp³-hybridized carbons (Fsp3) is 0.692. The molecular weight excluding hydrogens is 246 g/mol. The summed E-state index contributed by atoms with van der Waals surface area (Å²) < 4.78 is 12.9. The van der Waals surface area contributed by atoms with Crippen LogP contribution >= 0.6 is 0 Å². The highest BCUT2D eigenvalue weighted by atomic mass is 16.6. The van der Waals surface area contributed by atoms with Crippen molar-refractivity contribution in [2.75, 3.05) is 19.5 Å². The Labute approximate surface area is 112 Å². The Morgan fingerprint density at radius 3 is 3.00 bits per heavy atom. The van der Waals surface area contributed by atoms with Crippen molar-refractivity contribution >= 4 is 5.82 Å². The zero-order valence-electron chi connectivity index (χ0n) is 11.6. The van der Waals surface area contributed by atoms with E-state index in [0.717, 1.165) is 12.8 Å². The highest BCUT2D eigenvalue weighted by molar-refractivity contribution is 5.23. The average Bonchev–Trinajstić information content (AvgIpc) is 2.75. The summed E-state index contributed by atoms with van der Waals surface area (Å²) in [6.07, 6.45) is 2.98. The molecule has 1 saturated heterocycles. The summed E-state index contributed by atoms with van der Waals surface area (Å²) >= 11 is 0. The quantitative estimate of drug-likeness (QED) is 0.886. The second-order valence-corrected chi connectivity index (χ2v) is 5.31. The minimum atomic E-state index is -0.373. The molecule has 1 aliphatic heterocycles. The van der Waals surface area contributed by atoms with Gasteiger partial charge in [0.2, 0.25) is 0 Å². The van der Waals surface area contributed by atoms with Gasteiger partial charge < -0.3 is 15.2 Å². The largest absolute Gasteiger partial charge is 0.383 e. The van der Waals surface area contributed by atoms with Crippen molar-refractivity contribution in [3.63, 3.8) is 0 Å². The van der Waals surface area contributed by atoms with Gasteiger partial charge in [0, 0.05) is 13.3 Å². The van der Waals surface area contributed by atoms with Crippen molar-refractivity contribution in [3.05, 3.63) is 22.7 Å². The number of methoxy groups -OCH3 is 1. The van der Waals surface area contributed by atoms with Gasteiger partial charge in [-0.15, -0.1) is 0 Å². The average molecular weight is 267 g/mol. The molecule has 2 atom stereocenters. The normalized spacial score (nSPS) is 27.1. The van der Waals surface area contributed by atoms with Crippen molar-refractivity contribution < 1.29 is 9.47 Å². The summed E-state index contributed by atoms with van der Waals surface area (Å²) in [6.45, 7) is 4.73. The smallest absolute Gasteiger partial charge is 0.351 e. The van der Waals surface area contributed by atoms with Gasteiger partial charge in [-0.1, -0.05) is 13.8 Å². The summed E-state index contributed by atoms with van der Waals surface area (Å²) in [6, 6.07) is 1.61. The third-order valence-corrected chi connectivity index (χ3v) is 3.79. The first-order valence-corrected chi connectivity index (χ1v) is 6.50. The molecule has 2 N–H and O–H groups in total. The molecule has 0 saturated carbocycles. The zero-order chi connectivity index (χ0) is 14.0. The molecule has 0 aliphatic carbocycles. The van der Waals surface area contributed by atoms with Crippen molar-refractivity contribution in [2.45, 2.75) is 38.5 Å². The Morgan fingerprint density at radius 1 is 1.68 bits per heavy atom. The van der Waals surface area contributed by atoms with E-state index < -0.39 is 0 Å². The standard InChI is InChI=1S/C13H21N3O3/c1-9(2)13(8-18-3)6-4-11(19-13)16-7-5-10(14)15-12(16)17/h5,7,9,11H,4,6,8H2,1-3H3,(H2,14,15,17). The van der Waals surface area contributed by atoms with Crippen molar-refractivity contribution in [2.24, 2.45) is 5.92 Å². The van der Waals surface area contributed by atoms with Crippen LogP contribution in [0.3, 0.4) is 0 Å². The minimum Gasteiger partial charge on any atom is -0.383 e. The molecule has 0 radical (unpaired) electrons. The van der Waals surface area contributed by atoms with Crippen LogP contribution < -0.4 is 11.4 Å². The second kappa shape index (κ2) is 5.30. The number of hydrogen-bond acceptors (Lipinski definition) is 5. The number of rotatable bonds is 4. The van der Waals surface area contributed by atoms with E-state index in [1.807, 2.05) is 0 Å². The lowest BCUT2D eigenvalue weighted by Gasteiger charge is -2.32. The maximum atomic E-state index is 11.8. The van der Waals surface area contributed by atoms with Crippen LogP contribution in [-0.4, -0.2) is 28.9 Å². The Morgan fingerprint density at radius 2 is 2.42 bits per heavy atom. The van der Waals surface area contributed by atoms with Gasteiger partial charge in [0.1, 0.15) is 12.0 Å².